The van der Waals surface area contributed by atoms with Crippen LogP contribution in [0.4, 0.5) is 5.82 Å². The molecule has 0 radical (unpaired) electrons. The van der Waals surface area contributed by atoms with Gasteiger partial charge in [-0.15, -0.1) is 5.10 Å². The first-order valence-electron chi connectivity index (χ1n) is 6.32. The number of aromatic nitrogens is 3. The lowest BCUT2D eigenvalue weighted by atomic mass is 10.1. The summed E-state index contributed by atoms with van der Waals surface area (Å²) in [6.45, 7) is 6.79. The minimum Gasteiger partial charge on any atom is -0.476 e. The van der Waals surface area contributed by atoms with Crippen LogP contribution >= 0.6 is 0 Å². The van der Waals surface area contributed by atoms with Crippen LogP contribution in [0.5, 0.6) is 0 Å². The maximum absolute atomic E-state index is 11.2. The van der Waals surface area contributed by atoms with Gasteiger partial charge in [-0.3, -0.25) is 0 Å². The fourth-order valence-corrected chi connectivity index (χ4v) is 1.87. The van der Waals surface area contributed by atoms with E-state index >= 15 is 0 Å². The summed E-state index contributed by atoms with van der Waals surface area (Å²) in [6, 6.07) is 3.58. The molecule has 0 aliphatic carbocycles. The van der Waals surface area contributed by atoms with Crippen molar-refractivity contribution in [3.8, 4) is 0 Å². The third-order valence-corrected chi connectivity index (χ3v) is 2.88. The summed E-state index contributed by atoms with van der Waals surface area (Å²) in [5.74, 6) is 0.256. The lowest BCUT2D eigenvalue weighted by Gasteiger charge is -2.07. The van der Waals surface area contributed by atoms with Crippen molar-refractivity contribution < 1.29 is 9.90 Å². The Hall–Kier alpha value is -2.11. The highest BCUT2D eigenvalue weighted by molar-refractivity contribution is 5.88. The van der Waals surface area contributed by atoms with E-state index in [0.29, 0.717) is 23.1 Å². The lowest BCUT2D eigenvalue weighted by molar-refractivity contribution is 0.0687. The van der Waals surface area contributed by atoms with Crippen LogP contribution in [0.1, 0.15) is 36.5 Å². The van der Waals surface area contributed by atoms with Crippen LogP contribution in [0, 0.1) is 12.8 Å². The number of imidazole rings is 1. The van der Waals surface area contributed by atoms with Gasteiger partial charge in [-0.05, 0) is 31.4 Å². The molecule has 2 N–H and O–H groups in total. The van der Waals surface area contributed by atoms with Crippen molar-refractivity contribution in [2.45, 2.75) is 27.2 Å². The van der Waals surface area contributed by atoms with Gasteiger partial charge in [0.2, 0.25) is 0 Å². The highest BCUT2D eigenvalue weighted by Gasteiger charge is 2.16. The zero-order chi connectivity index (χ0) is 14.0. The van der Waals surface area contributed by atoms with Gasteiger partial charge in [0, 0.05) is 6.54 Å². The molecular formula is C13H18N4O2. The Morgan fingerprint density at radius 2 is 2.21 bits per heavy atom. The van der Waals surface area contributed by atoms with Crippen molar-refractivity contribution in [2.75, 3.05) is 11.9 Å². The summed E-state index contributed by atoms with van der Waals surface area (Å²) in [7, 11) is 0. The molecule has 0 aromatic carbocycles. The molecule has 0 spiro atoms. The van der Waals surface area contributed by atoms with Gasteiger partial charge >= 0.3 is 5.97 Å². The van der Waals surface area contributed by atoms with E-state index in [4.69, 9.17) is 0 Å². The summed E-state index contributed by atoms with van der Waals surface area (Å²) in [6.07, 6.45) is 1.04. The summed E-state index contributed by atoms with van der Waals surface area (Å²) >= 11 is 0. The average molecular weight is 262 g/mol. The van der Waals surface area contributed by atoms with E-state index < -0.39 is 5.97 Å². The fraction of sp³-hybridized carbons (Fsp3) is 0.462. The summed E-state index contributed by atoms with van der Waals surface area (Å²) < 4.78 is 1.37. The number of rotatable bonds is 5. The second-order valence-electron chi connectivity index (χ2n) is 4.95. The number of carboxylic acid groups (broad SMARTS) is 1. The second-order valence-corrected chi connectivity index (χ2v) is 4.95. The van der Waals surface area contributed by atoms with Gasteiger partial charge in [-0.2, -0.15) is 0 Å². The zero-order valence-electron chi connectivity index (χ0n) is 11.3. The van der Waals surface area contributed by atoms with Gasteiger partial charge in [0.05, 0.1) is 5.69 Å². The van der Waals surface area contributed by atoms with Crippen molar-refractivity contribution in [1.29, 1.82) is 0 Å². The molecule has 2 heterocycles. The van der Waals surface area contributed by atoms with E-state index in [0.717, 1.165) is 13.0 Å². The quantitative estimate of drug-likeness (QED) is 0.863. The maximum Gasteiger partial charge on any atom is 0.356 e. The molecule has 2 aromatic rings. The SMILES string of the molecule is Cc1nc2ccc(NCCC(C)C)nn2c1C(=O)O. The minimum atomic E-state index is -1.02. The molecule has 0 saturated heterocycles. The van der Waals surface area contributed by atoms with Crippen molar-refractivity contribution in [3.05, 3.63) is 23.5 Å². The number of carboxylic acids is 1. The Bertz CT molecular complexity index is 604. The molecule has 2 rings (SSSR count). The standard InChI is InChI=1S/C13H18N4O2/c1-8(2)6-7-14-10-4-5-11-15-9(3)12(13(18)19)17(11)16-10/h4-5,8H,6-7H2,1-3H3,(H,14,16)(H,18,19). The van der Waals surface area contributed by atoms with E-state index in [2.05, 4.69) is 29.2 Å². The predicted octanol–water partition coefficient (Wildman–Crippen LogP) is 2.19. The van der Waals surface area contributed by atoms with Crippen LogP contribution in [0.15, 0.2) is 12.1 Å². The van der Waals surface area contributed by atoms with Crippen molar-refractivity contribution in [3.63, 3.8) is 0 Å². The number of aromatic carboxylic acids is 1. The van der Waals surface area contributed by atoms with Gasteiger partial charge in [0.1, 0.15) is 5.82 Å². The van der Waals surface area contributed by atoms with Crippen LogP contribution in [-0.4, -0.2) is 32.2 Å². The topological polar surface area (TPSA) is 79.5 Å². The first-order valence-corrected chi connectivity index (χ1v) is 6.32. The van der Waals surface area contributed by atoms with Crippen LogP contribution in [0.2, 0.25) is 0 Å². The summed E-state index contributed by atoms with van der Waals surface area (Å²) in [5, 5.41) is 16.6. The van der Waals surface area contributed by atoms with Crippen molar-refractivity contribution in [1.82, 2.24) is 14.6 Å². The molecule has 0 amide bonds. The number of carbonyl (C=O) groups is 1. The highest BCUT2D eigenvalue weighted by atomic mass is 16.4. The van der Waals surface area contributed by atoms with Gasteiger partial charge in [-0.1, -0.05) is 13.8 Å². The van der Waals surface area contributed by atoms with Crippen molar-refractivity contribution in [2.24, 2.45) is 5.92 Å². The lowest BCUT2D eigenvalue weighted by Crippen LogP contribution is -2.10. The molecule has 0 aliphatic rings. The molecule has 0 saturated carbocycles. The number of anilines is 1. The number of hydrogen-bond acceptors (Lipinski definition) is 4. The Morgan fingerprint density at radius 1 is 1.47 bits per heavy atom. The first kappa shape index (κ1) is 13.3. The molecule has 0 bridgehead atoms. The molecule has 0 aliphatic heterocycles. The van der Waals surface area contributed by atoms with Crippen LogP contribution < -0.4 is 5.32 Å². The molecule has 0 atom stereocenters. The smallest absolute Gasteiger partial charge is 0.356 e. The maximum atomic E-state index is 11.2. The van der Waals surface area contributed by atoms with E-state index in [1.54, 1.807) is 13.0 Å². The van der Waals surface area contributed by atoms with E-state index in [9.17, 15) is 9.90 Å². The molecule has 0 unspecified atom stereocenters. The number of nitrogens with one attached hydrogen (secondary N) is 1. The summed E-state index contributed by atoms with van der Waals surface area (Å²) in [5.41, 5.74) is 1.13. The molecule has 6 heteroatoms. The number of nitrogens with zero attached hydrogens (tertiary/aromatic N) is 3. The van der Waals surface area contributed by atoms with Crippen LogP contribution in [0.25, 0.3) is 5.65 Å². The normalized spacial score (nSPS) is 11.2. The third kappa shape index (κ3) is 2.83. The second kappa shape index (κ2) is 5.26. The zero-order valence-corrected chi connectivity index (χ0v) is 11.3. The first-order chi connectivity index (χ1) is 8.99. The Kier molecular flexibility index (Phi) is 3.69. The Balaban J connectivity index is 2.28. The van der Waals surface area contributed by atoms with Gasteiger partial charge in [0.15, 0.2) is 11.3 Å². The Morgan fingerprint density at radius 3 is 2.84 bits per heavy atom. The molecule has 0 fully saturated rings. The minimum absolute atomic E-state index is 0.113. The molecular weight excluding hydrogens is 244 g/mol. The van der Waals surface area contributed by atoms with Crippen LogP contribution in [0.3, 0.4) is 0 Å². The van der Waals surface area contributed by atoms with Crippen LogP contribution in [-0.2, 0) is 0 Å². The average Bonchev–Trinajstić information content (AvgIpc) is 2.63. The van der Waals surface area contributed by atoms with E-state index in [1.807, 2.05) is 6.07 Å². The monoisotopic (exact) mass is 262 g/mol. The third-order valence-electron chi connectivity index (χ3n) is 2.88. The molecule has 19 heavy (non-hydrogen) atoms. The fourth-order valence-electron chi connectivity index (χ4n) is 1.87. The Labute approximate surface area is 111 Å². The number of aryl methyl sites for hydroxylation is 1. The van der Waals surface area contributed by atoms with Gasteiger partial charge in [0.25, 0.3) is 0 Å². The number of hydrogen-bond donors (Lipinski definition) is 2. The number of fused-ring (bicyclic) bond motifs is 1. The largest absolute Gasteiger partial charge is 0.476 e. The van der Waals surface area contributed by atoms with Gasteiger partial charge < -0.3 is 10.4 Å². The van der Waals surface area contributed by atoms with E-state index in [-0.39, 0.29) is 5.69 Å². The molecule has 102 valence electrons. The predicted molar refractivity (Wildman–Crippen MR) is 72.6 cm³/mol. The molecule has 2 aromatic heterocycles. The van der Waals surface area contributed by atoms with Gasteiger partial charge in [-0.25, -0.2) is 14.3 Å². The highest BCUT2D eigenvalue weighted by Crippen LogP contribution is 2.13. The summed E-state index contributed by atoms with van der Waals surface area (Å²) in [4.78, 5) is 15.4. The molecule has 6 nitrogen and oxygen atoms in total. The van der Waals surface area contributed by atoms with E-state index in [1.165, 1.54) is 4.52 Å². The van der Waals surface area contributed by atoms with Crippen molar-refractivity contribution >= 4 is 17.4 Å².